The van der Waals surface area contributed by atoms with E-state index in [1.54, 1.807) is 24.3 Å². The molecule has 3 nitrogen and oxygen atoms in total. The molecule has 0 radical (unpaired) electrons. The topological polar surface area (TPSA) is 46.5 Å². The van der Waals surface area contributed by atoms with Gasteiger partial charge in [0.2, 0.25) is 0 Å². The summed E-state index contributed by atoms with van der Waals surface area (Å²) in [4.78, 5) is 12.7. The lowest BCUT2D eigenvalue weighted by Crippen LogP contribution is -2.59. The molecule has 2 aromatic carbocycles. The first-order chi connectivity index (χ1) is 16.4. The highest BCUT2D eigenvalue weighted by Crippen LogP contribution is 2.60. The maximum absolute atomic E-state index is 12.7. The third-order valence-electron chi connectivity index (χ3n) is 7.86. The molecular formula is C31H36O3. The third kappa shape index (κ3) is 5.35. The first kappa shape index (κ1) is 24.1. The molecule has 3 heteroatoms. The van der Waals surface area contributed by atoms with Gasteiger partial charge in [-0.25, -0.2) is 4.79 Å². The van der Waals surface area contributed by atoms with Crippen LogP contribution in [-0.4, -0.2) is 16.7 Å². The Morgan fingerprint density at radius 3 is 2.26 bits per heavy atom. The smallest absolute Gasteiger partial charge is 0.338 e. The molecule has 0 heterocycles. The Morgan fingerprint density at radius 1 is 1.03 bits per heavy atom. The highest BCUT2D eigenvalue weighted by atomic mass is 16.6. The van der Waals surface area contributed by atoms with E-state index in [0.29, 0.717) is 17.2 Å². The van der Waals surface area contributed by atoms with Crippen molar-refractivity contribution in [2.45, 2.75) is 51.0 Å². The van der Waals surface area contributed by atoms with Gasteiger partial charge in [-0.3, -0.25) is 0 Å². The van der Waals surface area contributed by atoms with Gasteiger partial charge >= 0.3 is 5.97 Å². The Labute approximate surface area is 203 Å². The zero-order valence-corrected chi connectivity index (χ0v) is 20.2. The summed E-state index contributed by atoms with van der Waals surface area (Å²) in [6.07, 6.45) is 12.8. The summed E-state index contributed by atoms with van der Waals surface area (Å²) < 4.78 is 6.21. The van der Waals surface area contributed by atoms with Crippen molar-refractivity contribution in [3.05, 3.63) is 90.5 Å². The molecule has 0 aliphatic heterocycles. The zero-order valence-electron chi connectivity index (χ0n) is 20.2. The minimum Gasteiger partial charge on any atom is -0.508 e. The first-order valence-corrected chi connectivity index (χ1v) is 12.5. The van der Waals surface area contributed by atoms with Gasteiger partial charge < -0.3 is 9.84 Å². The molecular weight excluding hydrogens is 420 g/mol. The van der Waals surface area contributed by atoms with Crippen LogP contribution in [0.2, 0.25) is 0 Å². The van der Waals surface area contributed by atoms with Crippen molar-refractivity contribution in [1.29, 1.82) is 0 Å². The van der Waals surface area contributed by atoms with Crippen LogP contribution in [0.25, 0.3) is 12.2 Å². The summed E-state index contributed by atoms with van der Waals surface area (Å²) in [5.74, 6) is 2.89. The average molecular weight is 457 g/mol. The number of hydrogen-bond acceptors (Lipinski definition) is 3. The molecule has 0 aromatic heterocycles. The van der Waals surface area contributed by atoms with Crippen LogP contribution in [0.4, 0.5) is 0 Å². The van der Waals surface area contributed by atoms with E-state index in [-0.39, 0.29) is 11.6 Å². The molecule has 3 atom stereocenters. The van der Waals surface area contributed by atoms with Gasteiger partial charge in [-0.2, -0.15) is 0 Å². The van der Waals surface area contributed by atoms with Crippen molar-refractivity contribution < 1.29 is 14.6 Å². The second kappa shape index (κ2) is 10.5. The SMILES string of the molecule is C=C(C=Cc1ccccc1)C(=O)OC12CC3CC(CC(C3)C1CC)C2.C=Cc1ccc(O)cc1. The minimum absolute atomic E-state index is 0.218. The van der Waals surface area contributed by atoms with Crippen LogP contribution in [-0.2, 0) is 9.53 Å². The van der Waals surface area contributed by atoms with Crippen LogP contribution in [0.1, 0.15) is 56.6 Å². The average Bonchev–Trinajstić information content (AvgIpc) is 2.83. The maximum atomic E-state index is 12.7. The zero-order chi connectivity index (χ0) is 24.1. The Morgan fingerprint density at radius 2 is 1.68 bits per heavy atom. The second-order valence-corrected chi connectivity index (χ2v) is 10.1. The summed E-state index contributed by atoms with van der Waals surface area (Å²) in [6, 6.07) is 16.9. The van der Waals surface area contributed by atoms with Crippen molar-refractivity contribution in [2.24, 2.45) is 23.7 Å². The monoisotopic (exact) mass is 456 g/mol. The Kier molecular flexibility index (Phi) is 7.41. The van der Waals surface area contributed by atoms with E-state index in [9.17, 15) is 4.79 Å². The molecule has 0 spiro atoms. The number of esters is 1. The number of carbonyl (C=O) groups is 1. The number of benzene rings is 2. The van der Waals surface area contributed by atoms with Crippen molar-refractivity contribution in [2.75, 3.05) is 0 Å². The summed E-state index contributed by atoms with van der Waals surface area (Å²) in [6.45, 7) is 9.79. The van der Waals surface area contributed by atoms with E-state index in [0.717, 1.165) is 48.1 Å². The standard InChI is InChI=1S/C23H28O2.C8H8O/c1-3-21-20-12-18-11-19(13-20)15-23(21,14-18)25-22(24)16(2)9-10-17-7-5-4-6-8-17;1-2-7-3-5-8(9)6-4-7/h4-10,18-21H,2-3,11-15H2,1H3;2-6,9H,1H2. The molecule has 0 saturated heterocycles. The molecule has 4 saturated carbocycles. The van der Waals surface area contributed by atoms with Crippen LogP contribution in [0.5, 0.6) is 5.75 Å². The Balaban J connectivity index is 0.000000257. The molecule has 0 amide bonds. The summed E-state index contributed by atoms with van der Waals surface area (Å²) in [5, 5.41) is 8.82. The fourth-order valence-electron chi connectivity index (χ4n) is 6.63. The Bertz CT molecular complexity index is 1020. The predicted molar refractivity (Wildman–Crippen MR) is 139 cm³/mol. The number of rotatable bonds is 6. The maximum Gasteiger partial charge on any atom is 0.338 e. The number of phenolic OH excluding ortho intramolecular Hbond substituents is 1. The number of phenols is 1. The lowest BCUT2D eigenvalue weighted by atomic mass is 9.49. The molecule has 4 aliphatic rings. The quantitative estimate of drug-likeness (QED) is 0.279. The van der Waals surface area contributed by atoms with Gasteiger partial charge in [-0.05, 0) is 85.6 Å². The van der Waals surface area contributed by atoms with Crippen LogP contribution < -0.4 is 0 Å². The number of hydrogen-bond donors (Lipinski definition) is 1. The molecule has 3 unspecified atom stereocenters. The predicted octanol–water partition coefficient (Wildman–Crippen LogP) is 7.44. The van der Waals surface area contributed by atoms with Crippen molar-refractivity contribution in [3.8, 4) is 5.75 Å². The summed E-state index contributed by atoms with van der Waals surface area (Å²) >= 11 is 0. The highest BCUT2D eigenvalue weighted by molar-refractivity contribution is 5.92. The molecule has 34 heavy (non-hydrogen) atoms. The molecule has 4 fully saturated rings. The van der Waals surface area contributed by atoms with Crippen molar-refractivity contribution >= 4 is 18.1 Å². The highest BCUT2D eigenvalue weighted by Gasteiger charge is 2.58. The second-order valence-electron chi connectivity index (χ2n) is 10.1. The van der Waals surface area contributed by atoms with E-state index in [1.165, 1.54) is 19.3 Å². The van der Waals surface area contributed by atoms with Crippen LogP contribution in [0.15, 0.2) is 79.4 Å². The van der Waals surface area contributed by atoms with Crippen LogP contribution in [0, 0.1) is 23.7 Å². The third-order valence-corrected chi connectivity index (χ3v) is 7.86. The fourth-order valence-corrected chi connectivity index (χ4v) is 6.63. The first-order valence-electron chi connectivity index (χ1n) is 12.5. The van der Waals surface area contributed by atoms with Gasteiger partial charge in [-0.1, -0.05) is 74.7 Å². The van der Waals surface area contributed by atoms with Gasteiger partial charge in [0.25, 0.3) is 0 Å². The molecule has 6 rings (SSSR count). The summed E-state index contributed by atoms with van der Waals surface area (Å²) in [5.41, 5.74) is 2.32. The van der Waals surface area contributed by atoms with Gasteiger partial charge in [0.1, 0.15) is 11.4 Å². The van der Waals surface area contributed by atoms with Gasteiger partial charge in [-0.15, -0.1) is 0 Å². The molecule has 178 valence electrons. The number of carbonyl (C=O) groups excluding carboxylic acids is 1. The molecule has 4 bridgehead atoms. The largest absolute Gasteiger partial charge is 0.508 e. The van der Waals surface area contributed by atoms with Crippen LogP contribution >= 0.6 is 0 Å². The lowest BCUT2D eigenvalue weighted by molar-refractivity contribution is -0.205. The van der Waals surface area contributed by atoms with E-state index in [1.807, 2.05) is 48.5 Å². The van der Waals surface area contributed by atoms with Crippen molar-refractivity contribution in [3.63, 3.8) is 0 Å². The molecule has 1 N–H and O–H groups in total. The van der Waals surface area contributed by atoms with Gasteiger partial charge in [0, 0.05) is 5.92 Å². The van der Waals surface area contributed by atoms with E-state index < -0.39 is 0 Å². The number of aromatic hydroxyl groups is 1. The van der Waals surface area contributed by atoms with Crippen molar-refractivity contribution in [1.82, 2.24) is 0 Å². The van der Waals surface area contributed by atoms with E-state index in [4.69, 9.17) is 9.84 Å². The fraction of sp³-hybridized carbons (Fsp3) is 0.387. The van der Waals surface area contributed by atoms with E-state index in [2.05, 4.69) is 20.1 Å². The minimum atomic E-state index is -0.229. The van der Waals surface area contributed by atoms with Gasteiger partial charge in [0.15, 0.2) is 0 Å². The summed E-state index contributed by atoms with van der Waals surface area (Å²) in [7, 11) is 0. The normalized spacial score (nSPS) is 28.7. The van der Waals surface area contributed by atoms with E-state index >= 15 is 0 Å². The number of ether oxygens (including phenoxy) is 1. The molecule has 4 aliphatic carbocycles. The Hall–Kier alpha value is -3.07. The lowest BCUT2D eigenvalue weighted by Gasteiger charge is -2.60. The van der Waals surface area contributed by atoms with Gasteiger partial charge in [0.05, 0.1) is 5.57 Å². The molecule has 2 aromatic rings. The van der Waals surface area contributed by atoms with Crippen LogP contribution in [0.3, 0.4) is 0 Å².